The van der Waals surface area contributed by atoms with Gasteiger partial charge < -0.3 is 14.8 Å². The van der Waals surface area contributed by atoms with Crippen molar-refractivity contribution in [2.24, 2.45) is 7.05 Å². The number of aromatic nitrogens is 2. The van der Waals surface area contributed by atoms with Gasteiger partial charge in [0.15, 0.2) is 0 Å². The van der Waals surface area contributed by atoms with E-state index in [1.54, 1.807) is 0 Å². The zero-order valence-corrected chi connectivity index (χ0v) is 10.2. The third-order valence-electron chi connectivity index (χ3n) is 2.43. The van der Waals surface area contributed by atoms with E-state index in [1.807, 2.05) is 19.4 Å². The molecule has 0 aliphatic heterocycles. The molecular formula is C11H22N4. The molecular weight excluding hydrogens is 188 g/mol. The lowest BCUT2D eigenvalue weighted by molar-refractivity contribution is 0.335. The van der Waals surface area contributed by atoms with Gasteiger partial charge in [-0.15, -0.1) is 0 Å². The molecule has 0 aliphatic rings. The molecule has 1 N–H and O–H groups in total. The molecule has 0 aliphatic carbocycles. The van der Waals surface area contributed by atoms with Crippen molar-refractivity contribution in [2.45, 2.75) is 19.4 Å². The number of hydrogen-bond donors (Lipinski definition) is 1. The molecule has 1 rings (SSSR count). The molecule has 1 aromatic heterocycles. The first kappa shape index (κ1) is 12.2. The Bertz CT molecular complexity index is 280. The van der Waals surface area contributed by atoms with Gasteiger partial charge in [0, 0.05) is 38.4 Å². The highest BCUT2D eigenvalue weighted by atomic mass is 15.1. The van der Waals surface area contributed by atoms with E-state index < -0.39 is 0 Å². The summed E-state index contributed by atoms with van der Waals surface area (Å²) < 4.78 is 2.08. The summed E-state index contributed by atoms with van der Waals surface area (Å²) >= 11 is 0. The zero-order valence-electron chi connectivity index (χ0n) is 10.2. The Kier molecular flexibility index (Phi) is 4.78. The summed E-state index contributed by atoms with van der Waals surface area (Å²) in [5.41, 5.74) is 0. The minimum atomic E-state index is 0.478. The lowest BCUT2D eigenvalue weighted by Gasteiger charge is -2.21. The quantitative estimate of drug-likeness (QED) is 0.742. The predicted molar refractivity (Wildman–Crippen MR) is 62.9 cm³/mol. The average molecular weight is 210 g/mol. The molecule has 0 spiro atoms. The van der Waals surface area contributed by atoms with Gasteiger partial charge in [0.1, 0.15) is 5.82 Å². The van der Waals surface area contributed by atoms with Gasteiger partial charge in [0.05, 0.1) is 0 Å². The van der Waals surface area contributed by atoms with Crippen molar-refractivity contribution >= 4 is 0 Å². The fourth-order valence-electron chi connectivity index (χ4n) is 1.74. The highest BCUT2D eigenvalue weighted by Crippen LogP contribution is 2.00. The Hall–Kier alpha value is -0.870. The van der Waals surface area contributed by atoms with Crippen LogP contribution in [-0.2, 0) is 13.5 Å². The van der Waals surface area contributed by atoms with Gasteiger partial charge >= 0.3 is 0 Å². The topological polar surface area (TPSA) is 33.1 Å². The van der Waals surface area contributed by atoms with Crippen LogP contribution in [0.15, 0.2) is 12.4 Å². The molecule has 1 unspecified atom stereocenters. The van der Waals surface area contributed by atoms with Crippen molar-refractivity contribution in [1.29, 1.82) is 0 Å². The summed E-state index contributed by atoms with van der Waals surface area (Å²) in [7, 11) is 6.24. The summed E-state index contributed by atoms with van der Waals surface area (Å²) in [6.07, 6.45) is 4.83. The second-order valence-electron chi connectivity index (χ2n) is 4.18. The Balaban J connectivity index is 2.54. The van der Waals surface area contributed by atoms with E-state index in [2.05, 4.69) is 40.8 Å². The predicted octanol–water partition coefficient (Wildman–Crippen LogP) is 0.502. The van der Waals surface area contributed by atoms with E-state index in [9.17, 15) is 0 Å². The molecule has 4 heteroatoms. The largest absolute Gasteiger partial charge is 0.338 e. The van der Waals surface area contributed by atoms with E-state index in [1.165, 1.54) is 0 Å². The second-order valence-corrected chi connectivity index (χ2v) is 4.18. The van der Waals surface area contributed by atoms with Crippen LogP contribution in [0.2, 0.25) is 0 Å². The van der Waals surface area contributed by atoms with E-state index in [0.717, 1.165) is 25.3 Å². The Labute approximate surface area is 92.3 Å². The molecule has 86 valence electrons. The molecule has 0 fully saturated rings. The minimum Gasteiger partial charge on any atom is -0.338 e. The van der Waals surface area contributed by atoms with Crippen LogP contribution in [0.3, 0.4) is 0 Å². The number of hydrogen-bond acceptors (Lipinski definition) is 3. The van der Waals surface area contributed by atoms with Crippen molar-refractivity contribution in [3.8, 4) is 0 Å². The van der Waals surface area contributed by atoms with Crippen LogP contribution in [0, 0.1) is 0 Å². The summed E-state index contributed by atoms with van der Waals surface area (Å²) in [5, 5.41) is 3.48. The van der Waals surface area contributed by atoms with E-state index >= 15 is 0 Å². The van der Waals surface area contributed by atoms with Crippen molar-refractivity contribution in [3.05, 3.63) is 18.2 Å². The summed E-state index contributed by atoms with van der Waals surface area (Å²) in [6, 6.07) is 0.478. The first-order chi connectivity index (χ1) is 7.13. The van der Waals surface area contributed by atoms with Crippen LogP contribution in [0.5, 0.6) is 0 Å². The zero-order chi connectivity index (χ0) is 11.3. The number of aryl methyl sites for hydroxylation is 1. The van der Waals surface area contributed by atoms with Gasteiger partial charge in [-0.05, 0) is 20.6 Å². The molecule has 0 radical (unpaired) electrons. The average Bonchev–Trinajstić information content (AvgIpc) is 2.51. The van der Waals surface area contributed by atoms with Crippen LogP contribution < -0.4 is 5.32 Å². The standard InChI is InChI=1S/C11H22N4/c1-5-12-10(9-14(2)3)8-11-13-6-7-15(11)4/h6-7,10,12H,5,8-9H2,1-4H3. The molecule has 0 bridgehead atoms. The molecule has 0 saturated carbocycles. The fourth-order valence-corrected chi connectivity index (χ4v) is 1.74. The van der Waals surface area contributed by atoms with E-state index in [4.69, 9.17) is 0 Å². The van der Waals surface area contributed by atoms with Crippen molar-refractivity contribution in [3.63, 3.8) is 0 Å². The van der Waals surface area contributed by atoms with Gasteiger partial charge in [-0.25, -0.2) is 4.98 Å². The molecule has 4 nitrogen and oxygen atoms in total. The Morgan fingerprint density at radius 2 is 2.27 bits per heavy atom. The molecule has 0 aromatic carbocycles. The van der Waals surface area contributed by atoms with Crippen LogP contribution in [0.1, 0.15) is 12.7 Å². The fraction of sp³-hybridized carbons (Fsp3) is 0.727. The maximum atomic E-state index is 4.35. The summed E-state index contributed by atoms with van der Waals surface area (Å²) in [6.45, 7) is 4.19. The first-order valence-electron chi connectivity index (χ1n) is 5.47. The van der Waals surface area contributed by atoms with Gasteiger partial charge in [-0.2, -0.15) is 0 Å². The van der Waals surface area contributed by atoms with Crippen LogP contribution in [0.25, 0.3) is 0 Å². The molecule has 1 atom stereocenters. The van der Waals surface area contributed by atoms with Crippen LogP contribution in [-0.4, -0.2) is 47.7 Å². The number of nitrogens with one attached hydrogen (secondary N) is 1. The number of likely N-dealkylation sites (N-methyl/N-ethyl adjacent to an activating group) is 2. The van der Waals surface area contributed by atoms with Crippen molar-refractivity contribution in [1.82, 2.24) is 19.8 Å². The minimum absolute atomic E-state index is 0.478. The van der Waals surface area contributed by atoms with E-state index in [0.29, 0.717) is 6.04 Å². The second kappa shape index (κ2) is 5.88. The lowest BCUT2D eigenvalue weighted by Crippen LogP contribution is -2.40. The highest BCUT2D eigenvalue weighted by Gasteiger charge is 2.11. The smallest absolute Gasteiger partial charge is 0.109 e. The summed E-state index contributed by atoms with van der Waals surface area (Å²) in [4.78, 5) is 6.55. The van der Waals surface area contributed by atoms with Gasteiger partial charge in [-0.3, -0.25) is 0 Å². The maximum Gasteiger partial charge on any atom is 0.109 e. The van der Waals surface area contributed by atoms with Gasteiger partial charge in [0.25, 0.3) is 0 Å². The molecule has 0 amide bonds. The summed E-state index contributed by atoms with van der Waals surface area (Å²) in [5.74, 6) is 1.14. The molecule has 1 heterocycles. The number of nitrogens with zero attached hydrogens (tertiary/aromatic N) is 3. The van der Waals surface area contributed by atoms with Crippen LogP contribution >= 0.6 is 0 Å². The molecule has 0 saturated heterocycles. The Morgan fingerprint density at radius 3 is 2.73 bits per heavy atom. The third-order valence-corrected chi connectivity index (χ3v) is 2.43. The third kappa shape index (κ3) is 4.01. The maximum absolute atomic E-state index is 4.35. The van der Waals surface area contributed by atoms with Crippen molar-refractivity contribution in [2.75, 3.05) is 27.2 Å². The SMILES string of the molecule is CCNC(Cc1nccn1C)CN(C)C. The lowest BCUT2D eigenvalue weighted by atomic mass is 10.2. The highest BCUT2D eigenvalue weighted by molar-refractivity contribution is 4.95. The molecule has 1 aromatic rings. The normalized spacial score (nSPS) is 13.4. The molecule has 15 heavy (non-hydrogen) atoms. The number of rotatable bonds is 6. The van der Waals surface area contributed by atoms with Crippen molar-refractivity contribution < 1.29 is 0 Å². The number of imidazole rings is 1. The Morgan fingerprint density at radius 1 is 1.53 bits per heavy atom. The monoisotopic (exact) mass is 210 g/mol. The van der Waals surface area contributed by atoms with Gasteiger partial charge in [-0.1, -0.05) is 6.92 Å². The van der Waals surface area contributed by atoms with Gasteiger partial charge in [0.2, 0.25) is 0 Å². The first-order valence-corrected chi connectivity index (χ1v) is 5.47. The van der Waals surface area contributed by atoms with Crippen LogP contribution in [0.4, 0.5) is 0 Å². The van der Waals surface area contributed by atoms with E-state index in [-0.39, 0.29) is 0 Å².